The smallest absolute Gasteiger partial charge is 0.418 e. The zero-order chi connectivity index (χ0) is 22.3. The van der Waals surface area contributed by atoms with Crippen LogP contribution in [-0.4, -0.2) is 85.5 Å². The van der Waals surface area contributed by atoms with Crippen LogP contribution in [0.15, 0.2) is 24.3 Å². The maximum Gasteiger partial charge on any atom is 0.418 e. The van der Waals surface area contributed by atoms with Gasteiger partial charge in [-0.15, -0.1) is 0 Å². The molecule has 166 valence electrons. The van der Waals surface area contributed by atoms with E-state index in [0.29, 0.717) is 26.2 Å². The van der Waals surface area contributed by atoms with E-state index in [4.69, 9.17) is 4.74 Å². The Morgan fingerprint density at radius 1 is 1.07 bits per heavy atom. The maximum absolute atomic E-state index is 13.0. The first-order valence-electron chi connectivity index (χ1n) is 9.46. The Kier molecular flexibility index (Phi) is 8.04. The van der Waals surface area contributed by atoms with Crippen LogP contribution in [0.25, 0.3) is 0 Å². The van der Waals surface area contributed by atoms with E-state index in [-0.39, 0.29) is 31.3 Å². The first-order chi connectivity index (χ1) is 14.1. The third-order valence-corrected chi connectivity index (χ3v) is 4.48. The molecule has 1 aliphatic heterocycles. The summed E-state index contributed by atoms with van der Waals surface area (Å²) in [5.74, 6) is -0.890. The van der Waals surface area contributed by atoms with Crippen molar-refractivity contribution in [2.45, 2.75) is 13.1 Å². The van der Waals surface area contributed by atoms with E-state index < -0.39 is 23.7 Å². The van der Waals surface area contributed by atoms with Crippen LogP contribution in [0.3, 0.4) is 0 Å². The van der Waals surface area contributed by atoms with Crippen LogP contribution in [0.4, 0.5) is 23.7 Å². The highest BCUT2D eigenvalue weighted by Crippen LogP contribution is 2.34. The highest BCUT2D eigenvalue weighted by atomic mass is 19.4. The molecule has 3 amide bonds. The lowest BCUT2D eigenvalue weighted by molar-refractivity contribution is -0.137. The second-order valence-electron chi connectivity index (χ2n) is 6.83. The van der Waals surface area contributed by atoms with Crippen molar-refractivity contribution >= 4 is 23.6 Å². The van der Waals surface area contributed by atoms with Crippen molar-refractivity contribution in [3.8, 4) is 0 Å². The summed E-state index contributed by atoms with van der Waals surface area (Å²) in [5.41, 5.74) is -1.26. The number of anilines is 1. The Morgan fingerprint density at radius 3 is 2.27 bits per heavy atom. The number of rotatable bonds is 6. The second kappa shape index (κ2) is 10.3. The van der Waals surface area contributed by atoms with Crippen LogP contribution in [-0.2, 0) is 20.5 Å². The highest BCUT2D eigenvalue weighted by molar-refractivity contribution is 5.93. The Hall–Kier alpha value is -2.82. The fraction of sp³-hybridized carbons (Fsp3) is 0.526. The molecule has 0 radical (unpaired) electrons. The van der Waals surface area contributed by atoms with E-state index in [0.717, 1.165) is 6.07 Å². The van der Waals surface area contributed by atoms with Gasteiger partial charge in [0, 0.05) is 26.2 Å². The Balaban J connectivity index is 1.82. The number of benzene rings is 1. The molecule has 0 spiro atoms. The van der Waals surface area contributed by atoms with Gasteiger partial charge in [0.1, 0.15) is 0 Å². The molecule has 1 aliphatic rings. The monoisotopic (exact) mass is 430 g/mol. The lowest BCUT2D eigenvalue weighted by Gasteiger charge is -2.34. The number of hydrogen-bond donors (Lipinski definition) is 1. The zero-order valence-corrected chi connectivity index (χ0v) is 16.9. The molecule has 0 aliphatic carbocycles. The fourth-order valence-electron chi connectivity index (χ4n) is 3.01. The van der Waals surface area contributed by atoms with Crippen LogP contribution in [0, 0.1) is 0 Å². The average molecular weight is 430 g/mol. The van der Waals surface area contributed by atoms with Crippen molar-refractivity contribution in [2.24, 2.45) is 0 Å². The molecular formula is C19H25F3N4O4. The summed E-state index contributed by atoms with van der Waals surface area (Å²) in [6.07, 6.45) is -5.00. The summed E-state index contributed by atoms with van der Waals surface area (Å²) in [4.78, 5) is 40.7. The molecule has 30 heavy (non-hydrogen) atoms. The van der Waals surface area contributed by atoms with Gasteiger partial charge in [-0.2, -0.15) is 13.2 Å². The molecule has 1 N–H and O–H groups in total. The number of likely N-dealkylation sites (N-methyl/N-ethyl adjacent to an activating group) is 1. The van der Waals surface area contributed by atoms with Gasteiger partial charge in [0.05, 0.1) is 30.9 Å². The summed E-state index contributed by atoms with van der Waals surface area (Å²) < 4.78 is 44.0. The number of halogens is 3. The van der Waals surface area contributed by atoms with Gasteiger partial charge < -0.3 is 19.9 Å². The lowest BCUT2D eigenvalue weighted by atomic mass is 10.1. The summed E-state index contributed by atoms with van der Waals surface area (Å²) >= 11 is 0. The van der Waals surface area contributed by atoms with Crippen LogP contribution in [0.5, 0.6) is 0 Å². The number of ether oxygens (including phenoxy) is 1. The number of para-hydroxylation sites is 1. The third kappa shape index (κ3) is 6.61. The molecular weight excluding hydrogens is 405 g/mol. The number of carbonyl (C=O) groups excluding carboxylic acids is 3. The molecule has 0 saturated carbocycles. The van der Waals surface area contributed by atoms with Crippen LogP contribution >= 0.6 is 0 Å². The van der Waals surface area contributed by atoms with Crippen molar-refractivity contribution in [3.63, 3.8) is 0 Å². The molecule has 8 nitrogen and oxygen atoms in total. The fourth-order valence-corrected chi connectivity index (χ4v) is 3.01. The predicted octanol–water partition coefficient (Wildman–Crippen LogP) is 1.88. The van der Waals surface area contributed by atoms with Crippen LogP contribution in [0.1, 0.15) is 12.5 Å². The van der Waals surface area contributed by atoms with Crippen LogP contribution in [0.2, 0.25) is 0 Å². The molecule has 1 aromatic rings. The molecule has 1 fully saturated rings. The Bertz CT molecular complexity index is 764. The van der Waals surface area contributed by atoms with Crippen LogP contribution < -0.4 is 5.32 Å². The normalized spacial score (nSPS) is 14.6. The number of amides is 3. The number of piperazine rings is 1. The molecule has 0 aromatic heterocycles. The van der Waals surface area contributed by atoms with E-state index in [1.807, 2.05) is 0 Å². The van der Waals surface area contributed by atoms with Crippen molar-refractivity contribution < 1.29 is 32.3 Å². The first kappa shape index (κ1) is 23.5. The van der Waals surface area contributed by atoms with Gasteiger partial charge in [0.2, 0.25) is 11.8 Å². The average Bonchev–Trinajstić information content (AvgIpc) is 2.67. The van der Waals surface area contributed by atoms with Crippen molar-refractivity contribution in [1.82, 2.24) is 14.7 Å². The van der Waals surface area contributed by atoms with E-state index in [2.05, 4.69) is 5.32 Å². The predicted molar refractivity (Wildman–Crippen MR) is 103 cm³/mol. The van der Waals surface area contributed by atoms with Gasteiger partial charge >= 0.3 is 12.3 Å². The Labute approximate surface area is 172 Å². The SMILES string of the molecule is CCOC(=O)N1CCN(C(=O)CN(C)CC(=O)Nc2ccccc2C(F)(F)F)CC1. The van der Waals surface area contributed by atoms with E-state index in [9.17, 15) is 27.6 Å². The zero-order valence-electron chi connectivity index (χ0n) is 16.9. The minimum atomic E-state index is -4.59. The van der Waals surface area contributed by atoms with Crippen molar-refractivity contribution in [2.75, 3.05) is 58.2 Å². The summed E-state index contributed by atoms with van der Waals surface area (Å²) in [7, 11) is 1.53. The molecule has 1 saturated heterocycles. The van der Waals surface area contributed by atoms with Crippen molar-refractivity contribution in [3.05, 3.63) is 29.8 Å². The number of nitrogens with one attached hydrogen (secondary N) is 1. The largest absolute Gasteiger partial charge is 0.450 e. The van der Waals surface area contributed by atoms with Gasteiger partial charge in [0.15, 0.2) is 0 Å². The third-order valence-electron chi connectivity index (χ3n) is 4.48. The lowest BCUT2D eigenvalue weighted by Crippen LogP contribution is -2.52. The van der Waals surface area contributed by atoms with Gasteiger partial charge in [0.25, 0.3) is 0 Å². The van der Waals surface area contributed by atoms with E-state index in [1.165, 1.54) is 35.0 Å². The molecule has 0 atom stereocenters. The summed E-state index contributed by atoms with van der Waals surface area (Å²) in [5, 5.41) is 2.25. The molecule has 1 heterocycles. The minimum absolute atomic E-state index is 0.0757. The topological polar surface area (TPSA) is 82.2 Å². The van der Waals surface area contributed by atoms with Gasteiger partial charge in [-0.05, 0) is 26.1 Å². The standard InChI is InChI=1S/C19H25F3N4O4/c1-3-30-18(29)26-10-8-25(9-11-26)17(28)13-24(2)12-16(27)23-15-7-5-4-6-14(15)19(20,21)22/h4-7H,3,8-13H2,1-2H3,(H,23,27). The number of alkyl halides is 3. The molecule has 2 rings (SSSR count). The summed E-state index contributed by atoms with van der Waals surface area (Å²) in [6.45, 7) is 3.05. The van der Waals surface area contributed by atoms with Gasteiger partial charge in [-0.1, -0.05) is 12.1 Å². The molecule has 11 heteroatoms. The minimum Gasteiger partial charge on any atom is -0.450 e. The second-order valence-corrected chi connectivity index (χ2v) is 6.83. The first-order valence-corrected chi connectivity index (χ1v) is 9.46. The van der Waals surface area contributed by atoms with E-state index in [1.54, 1.807) is 11.8 Å². The highest BCUT2D eigenvalue weighted by Gasteiger charge is 2.33. The Morgan fingerprint density at radius 2 is 1.67 bits per heavy atom. The quantitative estimate of drug-likeness (QED) is 0.745. The molecule has 0 unspecified atom stereocenters. The number of nitrogens with zero attached hydrogens (tertiary/aromatic N) is 3. The number of carbonyl (C=O) groups is 3. The van der Waals surface area contributed by atoms with Gasteiger partial charge in [-0.3, -0.25) is 14.5 Å². The maximum atomic E-state index is 13.0. The van der Waals surface area contributed by atoms with Crippen molar-refractivity contribution in [1.29, 1.82) is 0 Å². The molecule has 1 aromatic carbocycles. The molecule has 0 bridgehead atoms. The van der Waals surface area contributed by atoms with Gasteiger partial charge in [-0.25, -0.2) is 4.79 Å². The van der Waals surface area contributed by atoms with E-state index >= 15 is 0 Å². The summed E-state index contributed by atoms with van der Waals surface area (Å²) in [6, 6.07) is 4.70. The number of hydrogen-bond acceptors (Lipinski definition) is 5.